The van der Waals surface area contributed by atoms with E-state index in [4.69, 9.17) is 4.74 Å². The lowest BCUT2D eigenvalue weighted by molar-refractivity contribution is -0.146. The third-order valence-electron chi connectivity index (χ3n) is 3.08. The molecule has 2 amide bonds. The largest absolute Gasteiger partial charge is 0.478 e. The van der Waals surface area contributed by atoms with Crippen LogP contribution in [0.5, 0.6) is 5.88 Å². The average molecular weight is 278 g/mol. The Morgan fingerprint density at radius 3 is 2.90 bits per heavy atom. The van der Waals surface area contributed by atoms with Crippen LogP contribution < -0.4 is 10.1 Å². The molecule has 1 unspecified atom stereocenters. The Kier molecular flexibility index (Phi) is 4.16. The van der Waals surface area contributed by atoms with Crippen LogP contribution in [0.25, 0.3) is 0 Å². The third-order valence-corrected chi connectivity index (χ3v) is 3.08. The minimum absolute atomic E-state index is 0.159. The second-order valence-corrected chi connectivity index (χ2v) is 4.63. The highest BCUT2D eigenvalue weighted by Crippen LogP contribution is 2.17. The third kappa shape index (κ3) is 3.04. The van der Waals surface area contributed by atoms with Crippen molar-refractivity contribution in [2.75, 3.05) is 19.0 Å². The molecule has 1 aliphatic rings. The van der Waals surface area contributed by atoms with Gasteiger partial charge in [-0.05, 0) is 20.3 Å². The number of hydrogen-bond acceptors (Lipinski definition) is 6. The van der Waals surface area contributed by atoms with Crippen LogP contribution >= 0.6 is 0 Å². The molecule has 0 spiro atoms. The number of piperidine rings is 1. The van der Waals surface area contributed by atoms with Gasteiger partial charge < -0.3 is 10.1 Å². The number of likely N-dealkylation sites (tertiary alicyclic amines) is 1. The number of rotatable bonds is 4. The molecule has 108 valence electrons. The van der Waals surface area contributed by atoms with Crippen LogP contribution in [0.3, 0.4) is 0 Å². The van der Waals surface area contributed by atoms with Gasteiger partial charge in [-0.1, -0.05) is 0 Å². The number of anilines is 1. The highest BCUT2D eigenvalue weighted by atomic mass is 16.5. The molecule has 20 heavy (non-hydrogen) atoms. The molecule has 0 saturated carbocycles. The van der Waals surface area contributed by atoms with Gasteiger partial charge in [0.2, 0.25) is 17.7 Å². The first-order valence-electron chi connectivity index (χ1n) is 6.56. The summed E-state index contributed by atoms with van der Waals surface area (Å²) in [5.41, 5.74) is 0.749. The SMILES string of the molecule is CCOc1cc(C)nc(NC2CCC(=O)N(C)C2=O)n1. The molecular weight excluding hydrogens is 260 g/mol. The van der Waals surface area contributed by atoms with Crippen LogP contribution in [0, 0.1) is 6.92 Å². The maximum atomic E-state index is 12.0. The van der Waals surface area contributed by atoms with Gasteiger partial charge in [-0.15, -0.1) is 0 Å². The summed E-state index contributed by atoms with van der Waals surface area (Å²) in [4.78, 5) is 33.0. The van der Waals surface area contributed by atoms with E-state index in [1.54, 1.807) is 6.07 Å². The van der Waals surface area contributed by atoms with Gasteiger partial charge in [0.25, 0.3) is 5.91 Å². The van der Waals surface area contributed by atoms with Crippen molar-refractivity contribution in [2.45, 2.75) is 32.7 Å². The number of carbonyl (C=O) groups excluding carboxylic acids is 2. The highest BCUT2D eigenvalue weighted by Gasteiger charge is 2.32. The van der Waals surface area contributed by atoms with Crippen LogP contribution in [0.2, 0.25) is 0 Å². The van der Waals surface area contributed by atoms with Crippen molar-refractivity contribution >= 4 is 17.8 Å². The first kappa shape index (κ1) is 14.2. The number of likely N-dealkylation sites (N-methyl/N-ethyl adjacent to an activating group) is 1. The fourth-order valence-electron chi connectivity index (χ4n) is 2.03. The maximum absolute atomic E-state index is 12.0. The molecule has 1 aliphatic heterocycles. The van der Waals surface area contributed by atoms with Gasteiger partial charge in [-0.2, -0.15) is 4.98 Å². The summed E-state index contributed by atoms with van der Waals surface area (Å²) < 4.78 is 5.34. The van der Waals surface area contributed by atoms with Crippen molar-refractivity contribution in [3.05, 3.63) is 11.8 Å². The second kappa shape index (κ2) is 5.85. The minimum Gasteiger partial charge on any atom is -0.478 e. The Morgan fingerprint density at radius 1 is 1.45 bits per heavy atom. The smallest absolute Gasteiger partial charge is 0.251 e. The van der Waals surface area contributed by atoms with E-state index in [2.05, 4.69) is 15.3 Å². The summed E-state index contributed by atoms with van der Waals surface area (Å²) in [6.07, 6.45) is 0.785. The van der Waals surface area contributed by atoms with Gasteiger partial charge in [0.1, 0.15) is 6.04 Å². The number of imide groups is 1. The zero-order valence-electron chi connectivity index (χ0n) is 11.8. The van der Waals surface area contributed by atoms with E-state index in [-0.39, 0.29) is 11.8 Å². The molecule has 2 heterocycles. The van der Waals surface area contributed by atoms with E-state index >= 15 is 0 Å². The predicted molar refractivity (Wildman–Crippen MR) is 72.4 cm³/mol. The number of nitrogens with one attached hydrogen (secondary N) is 1. The molecule has 2 rings (SSSR count). The molecule has 1 aromatic rings. The summed E-state index contributed by atoms with van der Waals surface area (Å²) in [6.45, 7) is 4.21. The molecule has 1 fully saturated rings. The quantitative estimate of drug-likeness (QED) is 0.818. The fourth-order valence-corrected chi connectivity index (χ4v) is 2.03. The fraction of sp³-hybridized carbons (Fsp3) is 0.538. The number of hydrogen-bond donors (Lipinski definition) is 1. The Morgan fingerprint density at radius 2 is 2.20 bits per heavy atom. The van der Waals surface area contributed by atoms with Crippen molar-refractivity contribution in [1.29, 1.82) is 0 Å². The molecule has 0 radical (unpaired) electrons. The van der Waals surface area contributed by atoms with Gasteiger partial charge in [-0.3, -0.25) is 14.5 Å². The first-order chi connectivity index (χ1) is 9.51. The Hall–Kier alpha value is -2.18. The van der Waals surface area contributed by atoms with Gasteiger partial charge in [0.05, 0.1) is 6.61 Å². The summed E-state index contributed by atoms with van der Waals surface area (Å²) in [7, 11) is 1.49. The molecule has 0 bridgehead atoms. The number of amides is 2. The van der Waals surface area contributed by atoms with E-state index < -0.39 is 6.04 Å². The van der Waals surface area contributed by atoms with Crippen LogP contribution in [0.1, 0.15) is 25.5 Å². The molecule has 1 aromatic heterocycles. The van der Waals surface area contributed by atoms with E-state index in [9.17, 15) is 9.59 Å². The van der Waals surface area contributed by atoms with E-state index in [1.807, 2.05) is 13.8 Å². The van der Waals surface area contributed by atoms with Crippen molar-refractivity contribution in [2.24, 2.45) is 0 Å². The lowest BCUT2D eigenvalue weighted by Gasteiger charge is -2.28. The molecule has 1 saturated heterocycles. The summed E-state index contributed by atoms with van der Waals surface area (Å²) in [5.74, 6) is 0.391. The van der Waals surface area contributed by atoms with Crippen LogP contribution in [0.15, 0.2) is 6.07 Å². The predicted octanol–water partition coefficient (Wildman–Crippen LogP) is 0.743. The number of aromatic nitrogens is 2. The lowest BCUT2D eigenvalue weighted by Crippen LogP contribution is -2.48. The zero-order valence-corrected chi connectivity index (χ0v) is 11.8. The van der Waals surface area contributed by atoms with Crippen molar-refractivity contribution in [1.82, 2.24) is 14.9 Å². The van der Waals surface area contributed by atoms with Crippen LogP contribution in [0.4, 0.5) is 5.95 Å². The van der Waals surface area contributed by atoms with Gasteiger partial charge >= 0.3 is 0 Å². The van der Waals surface area contributed by atoms with Crippen LogP contribution in [-0.4, -0.2) is 46.4 Å². The number of carbonyl (C=O) groups is 2. The monoisotopic (exact) mass is 278 g/mol. The maximum Gasteiger partial charge on any atom is 0.251 e. The molecular formula is C13H18N4O3. The van der Waals surface area contributed by atoms with E-state index in [0.717, 1.165) is 10.6 Å². The number of nitrogens with zero attached hydrogens (tertiary/aromatic N) is 3. The second-order valence-electron chi connectivity index (χ2n) is 4.63. The first-order valence-corrected chi connectivity index (χ1v) is 6.56. The molecule has 7 heteroatoms. The Bertz CT molecular complexity index is 532. The topological polar surface area (TPSA) is 84.4 Å². The normalized spacial score (nSPS) is 19.1. The lowest BCUT2D eigenvalue weighted by atomic mass is 10.1. The highest BCUT2D eigenvalue weighted by molar-refractivity contribution is 6.01. The van der Waals surface area contributed by atoms with E-state index in [1.165, 1.54) is 7.05 Å². The van der Waals surface area contributed by atoms with Crippen molar-refractivity contribution in [3.63, 3.8) is 0 Å². The minimum atomic E-state index is -0.478. The van der Waals surface area contributed by atoms with Gasteiger partial charge in [0, 0.05) is 25.2 Å². The van der Waals surface area contributed by atoms with E-state index in [0.29, 0.717) is 31.3 Å². The number of ether oxygens (including phenoxy) is 1. The molecule has 7 nitrogen and oxygen atoms in total. The molecule has 0 aliphatic carbocycles. The van der Waals surface area contributed by atoms with Gasteiger partial charge in [0.15, 0.2) is 0 Å². The Labute approximate surface area is 117 Å². The zero-order chi connectivity index (χ0) is 14.7. The summed E-state index contributed by atoms with van der Waals surface area (Å²) >= 11 is 0. The standard InChI is InChI=1S/C13H18N4O3/c1-4-20-10-7-8(2)14-13(16-10)15-9-5-6-11(18)17(3)12(9)19/h7,9H,4-6H2,1-3H3,(H,14,15,16). The summed E-state index contributed by atoms with van der Waals surface area (Å²) in [5, 5.41) is 2.98. The Balaban J connectivity index is 2.13. The summed E-state index contributed by atoms with van der Waals surface area (Å²) in [6, 6.07) is 1.25. The van der Waals surface area contributed by atoms with Crippen LogP contribution in [-0.2, 0) is 9.59 Å². The molecule has 1 N–H and O–H groups in total. The van der Waals surface area contributed by atoms with Crippen molar-refractivity contribution in [3.8, 4) is 5.88 Å². The van der Waals surface area contributed by atoms with Crippen molar-refractivity contribution < 1.29 is 14.3 Å². The van der Waals surface area contributed by atoms with Gasteiger partial charge in [-0.25, -0.2) is 4.98 Å². The molecule has 1 atom stereocenters. The molecule has 0 aromatic carbocycles. The number of aryl methyl sites for hydroxylation is 1. The average Bonchev–Trinajstić information content (AvgIpc) is 2.39.